The van der Waals surface area contributed by atoms with E-state index in [2.05, 4.69) is 12.7 Å². The molecule has 4 nitrogen and oxygen atoms in total. The summed E-state index contributed by atoms with van der Waals surface area (Å²) in [6, 6.07) is -0.461. The summed E-state index contributed by atoms with van der Waals surface area (Å²) < 4.78 is 4.03. The molecule has 0 aromatic heterocycles. The van der Waals surface area contributed by atoms with Gasteiger partial charge in [-0.25, -0.2) is 0 Å². The van der Waals surface area contributed by atoms with Gasteiger partial charge in [0.1, 0.15) is 6.04 Å². The highest BCUT2D eigenvalue weighted by molar-refractivity contribution is 6.06. The van der Waals surface area contributed by atoms with Crippen LogP contribution in [0.4, 0.5) is 0 Å². The lowest BCUT2D eigenvalue weighted by molar-refractivity contribution is -0.141. The second-order valence-electron chi connectivity index (χ2n) is 2.44. The molecule has 1 aliphatic heterocycles. The van der Waals surface area contributed by atoms with E-state index in [-0.39, 0.29) is 0 Å². The van der Waals surface area contributed by atoms with Crippen molar-refractivity contribution in [3.8, 4) is 0 Å². The van der Waals surface area contributed by atoms with E-state index >= 15 is 0 Å². The molecule has 0 saturated carbocycles. The van der Waals surface area contributed by atoms with Crippen molar-refractivity contribution < 1.29 is 14.2 Å². The van der Waals surface area contributed by atoms with E-state index in [1.165, 1.54) is 4.90 Å². The maximum Gasteiger partial charge on any atom is 0.378 e. The number of likely N-dealkylation sites (tertiary alicyclic amines) is 1. The van der Waals surface area contributed by atoms with E-state index in [9.17, 15) is 9.59 Å². The maximum absolute atomic E-state index is 10.8. The highest BCUT2D eigenvalue weighted by atomic mass is 16.5. The molecule has 1 heterocycles. The molecule has 0 unspecified atom stereocenters. The zero-order valence-corrected chi connectivity index (χ0v) is 6.03. The Labute approximate surface area is 65.9 Å². The summed E-state index contributed by atoms with van der Waals surface area (Å²) in [6.45, 7) is 0.614. The highest BCUT2D eigenvalue weighted by Crippen LogP contribution is 2.15. The summed E-state index contributed by atoms with van der Waals surface area (Å²) in [7, 11) is 4.68. The largest absolute Gasteiger partial charge is 0.542 e. The number of hydrogen-bond acceptors (Lipinski definition) is 3. The minimum atomic E-state index is -0.533. The Kier molecular flexibility index (Phi) is 2.51. The van der Waals surface area contributed by atoms with Crippen molar-refractivity contribution in [2.45, 2.75) is 18.9 Å². The average molecular weight is 153 g/mol. The van der Waals surface area contributed by atoms with Crippen molar-refractivity contribution in [1.29, 1.82) is 0 Å². The van der Waals surface area contributed by atoms with E-state index < -0.39 is 12.0 Å². The minimum Gasteiger partial charge on any atom is -0.542 e. The predicted molar refractivity (Wildman–Crippen MR) is 37.6 cm³/mol. The molecule has 1 amide bonds. The monoisotopic (exact) mass is 153 g/mol. The number of carbonyl (C=O) groups excluding carboxylic acids is 2. The zero-order valence-electron chi connectivity index (χ0n) is 6.03. The van der Waals surface area contributed by atoms with Crippen molar-refractivity contribution in [3.05, 3.63) is 0 Å². The van der Waals surface area contributed by atoms with Crippen LogP contribution in [-0.4, -0.2) is 37.9 Å². The smallest absolute Gasteiger partial charge is 0.378 e. The predicted octanol–water partition coefficient (Wildman–Crippen LogP) is -0.766. The molecule has 1 saturated heterocycles. The fraction of sp³-hybridized carbons (Fsp3) is 0.667. The Balaban J connectivity index is 2.56. The summed E-state index contributed by atoms with van der Waals surface area (Å²) in [5.41, 5.74) is 0. The third kappa shape index (κ3) is 1.53. The standard InChI is InChI=1S/C6H8BNO3/c7-11-6(10)5-2-1-3-8(5)4-9/h4-5H,1-3H2/t5-/m0/s1. The highest BCUT2D eigenvalue weighted by Gasteiger charge is 2.29. The maximum atomic E-state index is 10.8. The Morgan fingerprint density at radius 3 is 3.00 bits per heavy atom. The lowest BCUT2D eigenvalue weighted by atomic mass is 10.2. The average Bonchev–Trinajstić information content (AvgIpc) is 2.50. The third-order valence-corrected chi connectivity index (χ3v) is 1.82. The lowest BCUT2D eigenvalue weighted by Gasteiger charge is -2.16. The summed E-state index contributed by atoms with van der Waals surface area (Å²) in [5, 5.41) is 0. The fourth-order valence-electron chi connectivity index (χ4n) is 1.25. The van der Waals surface area contributed by atoms with Crippen LogP contribution in [0.3, 0.4) is 0 Å². The fourth-order valence-corrected chi connectivity index (χ4v) is 1.25. The molecule has 0 N–H and O–H groups in total. The van der Waals surface area contributed by atoms with Gasteiger partial charge in [0.25, 0.3) is 0 Å². The van der Waals surface area contributed by atoms with Gasteiger partial charge >= 0.3 is 14.0 Å². The van der Waals surface area contributed by atoms with Gasteiger partial charge in [-0.2, -0.15) is 0 Å². The molecule has 1 rings (SSSR count). The first kappa shape index (κ1) is 8.10. The van der Waals surface area contributed by atoms with E-state index in [1.54, 1.807) is 0 Å². The molecule has 0 aromatic rings. The first-order chi connectivity index (χ1) is 5.29. The van der Waals surface area contributed by atoms with Crippen molar-refractivity contribution in [3.63, 3.8) is 0 Å². The molecule has 11 heavy (non-hydrogen) atoms. The second-order valence-corrected chi connectivity index (χ2v) is 2.44. The van der Waals surface area contributed by atoms with Crippen molar-refractivity contribution in [2.24, 2.45) is 0 Å². The van der Waals surface area contributed by atoms with Crippen LogP contribution in [0.15, 0.2) is 0 Å². The Hall–Kier alpha value is -0.995. The van der Waals surface area contributed by atoms with Crippen LogP contribution < -0.4 is 0 Å². The summed E-state index contributed by atoms with van der Waals surface area (Å²) in [6.07, 6.45) is 2.13. The Morgan fingerprint density at radius 1 is 1.73 bits per heavy atom. The normalized spacial score (nSPS) is 23.3. The number of hydrogen-bond donors (Lipinski definition) is 0. The quantitative estimate of drug-likeness (QED) is 0.386. The van der Waals surface area contributed by atoms with Gasteiger partial charge < -0.3 is 9.55 Å². The lowest BCUT2D eigenvalue weighted by Crippen LogP contribution is -2.35. The SMILES string of the molecule is [B]OC(=O)[C@@H]1CCCN1C=O. The third-order valence-electron chi connectivity index (χ3n) is 1.82. The number of carbonyl (C=O) groups is 2. The van der Waals surface area contributed by atoms with Gasteiger partial charge in [0.15, 0.2) is 0 Å². The molecule has 0 spiro atoms. The molecule has 58 valence electrons. The van der Waals surface area contributed by atoms with E-state index in [1.807, 2.05) is 0 Å². The Bertz CT molecular complexity index is 173. The summed E-state index contributed by atoms with van der Waals surface area (Å²) in [4.78, 5) is 22.5. The molecule has 1 fully saturated rings. The number of rotatable bonds is 2. The molecule has 2 radical (unpaired) electrons. The van der Waals surface area contributed by atoms with Crippen molar-refractivity contribution in [1.82, 2.24) is 4.90 Å². The van der Waals surface area contributed by atoms with E-state index in [4.69, 9.17) is 0 Å². The van der Waals surface area contributed by atoms with Crippen molar-refractivity contribution >= 4 is 20.4 Å². The molecule has 0 aliphatic carbocycles. The topological polar surface area (TPSA) is 46.6 Å². The summed E-state index contributed by atoms with van der Waals surface area (Å²) in [5.74, 6) is -0.533. The second kappa shape index (κ2) is 3.41. The van der Waals surface area contributed by atoms with Crippen LogP contribution >= 0.6 is 0 Å². The van der Waals surface area contributed by atoms with Crippen molar-refractivity contribution in [2.75, 3.05) is 6.54 Å². The molecule has 1 atom stereocenters. The van der Waals surface area contributed by atoms with Gasteiger partial charge in [-0.15, -0.1) is 0 Å². The van der Waals surface area contributed by atoms with Gasteiger partial charge in [-0.3, -0.25) is 9.59 Å². The Morgan fingerprint density at radius 2 is 2.45 bits per heavy atom. The van der Waals surface area contributed by atoms with Gasteiger partial charge in [0.05, 0.1) is 0 Å². The van der Waals surface area contributed by atoms with Crippen LogP contribution in [0.5, 0.6) is 0 Å². The van der Waals surface area contributed by atoms with Crippen LogP contribution in [0.1, 0.15) is 12.8 Å². The molecule has 1 aliphatic rings. The molecular weight excluding hydrogens is 145 g/mol. The van der Waals surface area contributed by atoms with Gasteiger partial charge in [-0.1, -0.05) is 0 Å². The molecule has 0 bridgehead atoms. The van der Waals surface area contributed by atoms with E-state index in [0.29, 0.717) is 19.4 Å². The van der Waals surface area contributed by atoms with E-state index in [0.717, 1.165) is 6.42 Å². The van der Waals surface area contributed by atoms with Gasteiger partial charge in [-0.05, 0) is 12.8 Å². The minimum absolute atomic E-state index is 0.461. The zero-order chi connectivity index (χ0) is 8.27. The first-order valence-electron chi connectivity index (χ1n) is 3.41. The molecule has 5 heteroatoms. The van der Waals surface area contributed by atoms with Gasteiger partial charge in [0, 0.05) is 6.54 Å². The van der Waals surface area contributed by atoms with Crippen LogP contribution in [0.25, 0.3) is 0 Å². The first-order valence-corrected chi connectivity index (χ1v) is 3.41. The van der Waals surface area contributed by atoms with Crippen LogP contribution in [0, 0.1) is 0 Å². The molecule has 0 aromatic carbocycles. The van der Waals surface area contributed by atoms with Gasteiger partial charge in [0.2, 0.25) is 6.41 Å². The summed E-state index contributed by atoms with van der Waals surface area (Å²) >= 11 is 0. The number of nitrogens with zero attached hydrogens (tertiary/aromatic N) is 1. The number of amides is 1. The molecular formula is C6H8BNO3. The van der Waals surface area contributed by atoms with Crippen LogP contribution in [-0.2, 0) is 14.2 Å². The van der Waals surface area contributed by atoms with Crippen LogP contribution in [0.2, 0.25) is 0 Å².